The van der Waals surface area contributed by atoms with Gasteiger partial charge in [0.15, 0.2) is 5.58 Å². The van der Waals surface area contributed by atoms with Crippen LogP contribution in [0.2, 0.25) is 0 Å². The highest BCUT2D eigenvalue weighted by Crippen LogP contribution is 2.33. The number of carbonyl (C=O) groups excluding carboxylic acids is 1. The van der Waals surface area contributed by atoms with Crippen LogP contribution in [0.25, 0.3) is 22.1 Å². The fourth-order valence-corrected chi connectivity index (χ4v) is 3.95. The topological polar surface area (TPSA) is 77.2 Å². The van der Waals surface area contributed by atoms with Gasteiger partial charge in [0.25, 0.3) is 0 Å². The third kappa shape index (κ3) is 4.19. The Hall–Kier alpha value is -3.06. The molecule has 0 aliphatic heterocycles. The lowest BCUT2D eigenvalue weighted by atomic mass is 10.1. The number of nitrogens with zero attached hydrogens (tertiary/aromatic N) is 2. The van der Waals surface area contributed by atoms with Crippen LogP contribution < -0.4 is 10.1 Å². The highest BCUT2D eigenvalue weighted by molar-refractivity contribution is 8.00. The zero-order valence-electron chi connectivity index (χ0n) is 16.2. The monoisotopic (exact) mass is 407 g/mol. The fourth-order valence-electron chi connectivity index (χ4n) is 3.07. The van der Waals surface area contributed by atoms with E-state index in [1.54, 1.807) is 7.11 Å². The van der Waals surface area contributed by atoms with Crippen LogP contribution in [-0.2, 0) is 11.2 Å². The zero-order valence-corrected chi connectivity index (χ0v) is 17.0. The number of rotatable bonds is 7. The number of benzene rings is 2. The smallest absolute Gasteiger partial charge is 0.233 e. The molecule has 2 aromatic heterocycles. The number of nitrogens with one attached hydrogen (secondary N) is 1. The van der Waals surface area contributed by atoms with Crippen LogP contribution in [0.1, 0.15) is 12.5 Å². The lowest BCUT2D eigenvalue weighted by molar-refractivity contribution is -0.120. The number of methoxy groups -OCH3 is 1. The minimum Gasteiger partial charge on any atom is -0.497 e. The van der Waals surface area contributed by atoms with Crippen LogP contribution in [0.15, 0.2) is 64.3 Å². The van der Waals surface area contributed by atoms with E-state index in [4.69, 9.17) is 9.15 Å². The Balaban J connectivity index is 1.39. The van der Waals surface area contributed by atoms with Gasteiger partial charge in [-0.05, 0) is 43.2 Å². The molecule has 29 heavy (non-hydrogen) atoms. The molecule has 1 amide bonds. The molecule has 0 aliphatic carbocycles. The van der Waals surface area contributed by atoms with Crippen molar-refractivity contribution in [3.63, 3.8) is 0 Å². The number of ether oxygens (including phenoxy) is 1. The van der Waals surface area contributed by atoms with Crippen molar-refractivity contribution in [1.29, 1.82) is 0 Å². The summed E-state index contributed by atoms with van der Waals surface area (Å²) in [4.78, 5) is 21.2. The van der Waals surface area contributed by atoms with E-state index in [2.05, 4.69) is 15.3 Å². The maximum absolute atomic E-state index is 12.5. The van der Waals surface area contributed by atoms with Gasteiger partial charge in [-0.3, -0.25) is 4.79 Å². The summed E-state index contributed by atoms with van der Waals surface area (Å²) >= 11 is 1.37. The third-order valence-corrected chi connectivity index (χ3v) is 5.74. The van der Waals surface area contributed by atoms with Crippen LogP contribution in [0.3, 0.4) is 0 Å². The molecular weight excluding hydrogens is 386 g/mol. The van der Waals surface area contributed by atoms with Crippen molar-refractivity contribution in [2.24, 2.45) is 0 Å². The van der Waals surface area contributed by atoms with Gasteiger partial charge in [0.2, 0.25) is 5.91 Å². The van der Waals surface area contributed by atoms with E-state index < -0.39 is 0 Å². The maximum Gasteiger partial charge on any atom is 0.233 e. The van der Waals surface area contributed by atoms with Crippen LogP contribution in [-0.4, -0.2) is 34.8 Å². The standard InChI is InChI=1S/C22H21N3O3S/c1-14(21(26)23-12-11-15-7-9-16(27-2)10-8-15)29-22-20-19(24-13-25-22)17-5-3-4-6-18(17)28-20/h3-10,13-14H,11-12H2,1-2H3,(H,23,26)/t14-/m0/s1. The second kappa shape index (κ2) is 8.53. The van der Waals surface area contributed by atoms with Crippen LogP contribution in [0.4, 0.5) is 0 Å². The molecule has 0 radical (unpaired) electrons. The van der Waals surface area contributed by atoms with Gasteiger partial charge >= 0.3 is 0 Å². The average Bonchev–Trinajstić information content (AvgIpc) is 3.14. The van der Waals surface area contributed by atoms with E-state index in [0.717, 1.165) is 34.2 Å². The molecule has 0 saturated carbocycles. The summed E-state index contributed by atoms with van der Waals surface area (Å²) < 4.78 is 11.1. The SMILES string of the molecule is COc1ccc(CCNC(=O)[C@H](C)Sc2ncnc3c2oc2ccccc23)cc1. The Morgan fingerprint density at radius 1 is 1.17 bits per heavy atom. The lowest BCUT2D eigenvalue weighted by Gasteiger charge is -2.11. The number of furan rings is 1. The van der Waals surface area contributed by atoms with E-state index in [1.807, 2.05) is 55.5 Å². The molecular formula is C22H21N3O3S. The molecule has 0 spiro atoms. The van der Waals surface area contributed by atoms with Crippen molar-refractivity contribution < 1.29 is 13.9 Å². The fraction of sp³-hybridized carbons (Fsp3) is 0.227. The summed E-state index contributed by atoms with van der Waals surface area (Å²) in [5.74, 6) is 0.788. The molecule has 7 heteroatoms. The molecule has 148 valence electrons. The van der Waals surface area contributed by atoms with Gasteiger partial charge in [-0.1, -0.05) is 36.0 Å². The molecule has 4 aromatic rings. The van der Waals surface area contributed by atoms with Crippen LogP contribution in [0.5, 0.6) is 5.75 Å². The first-order chi connectivity index (χ1) is 14.2. The van der Waals surface area contributed by atoms with Crippen molar-refractivity contribution >= 4 is 39.7 Å². The summed E-state index contributed by atoms with van der Waals surface area (Å²) in [7, 11) is 1.64. The second-order valence-electron chi connectivity index (χ2n) is 6.60. The summed E-state index contributed by atoms with van der Waals surface area (Å²) in [6, 6.07) is 15.6. The predicted octanol–water partition coefficient (Wildman–Crippen LogP) is 4.22. The van der Waals surface area contributed by atoms with Gasteiger partial charge in [-0.15, -0.1) is 0 Å². The van der Waals surface area contributed by atoms with Crippen LogP contribution in [0, 0.1) is 0 Å². The summed E-state index contributed by atoms with van der Waals surface area (Å²) in [6.07, 6.45) is 2.27. The minimum atomic E-state index is -0.308. The molecule has 2 aromatic carbocycles. The zero-order chi connectivity index (χ0) is 20.2. The number of amides is 1. The molecule has 2 heterocycles. The summed E-state index contributed by atoms with van der Waals surface area (Å²) in [5.41, 5.74) is 3.30. The number of hydrogen-bond acceptors (Lipinski definition) is 6. The number of carbonyl (C=O) groups is 1. The maximum atomic E-state index is 12.5. The first-order valence-electron chi connectivity index (χ1n) is 9.35. The number of thioether (sulfide) groups is 1. The van der Waals surface area contributed by atoms with Gasteiger partial charge in [-0.2, -0.15) is 0 Å². The molecule has 4 rings (SSSR count). The number of para-hydroxylation sites is 1. The summed E-state index contributed by atoms with van der Waals surface area (Å²) in [5, 5.41) is 4.30. The minimum absolute atomic E-state index is 0.0358. The molecule has 0 bridgehead atoms. The van der Waals surface area contributed by atoms with Gasteiger partial charge in [-0.25, -0.2) is 9.97 Å². The molecule has 0 aliphatic rings. The van der Waals surface area contributed by atoms with Crippen molar-refractivity contribution in [3.05, 3.63) is 60.4 Å². The molecule has 1 atom stereocenters. The highest BCUT2D eigenvalue weighted by atomic mass is 32.2. The number of hydrogen-bond donors (Lipinski definition) is 1. The van der Waals surface area contributed by atoms with E-state index in [0.29, 0.717) is 17.2 Å². The average molecular weight is 407 g/mol. The van der Waals surface area contributed by atoms with Gasteiger partial charge in [0.05, 0.1) is 12.4 Å². The first kappa shape index (κ1) is 19.3. The molecule has 0 saturated heterocycles. The second-order valence-corrected chi connectivity index (χ2v) is 7.93. The van der Waals surface area contributed by atoms with Gasteiger partial charge < -0.3 is 14.5 Å². The van der Waals surface area contributed by atoms with Crippen LogP contribution >= 0.6 is 11.8 Å². The number of aromatic nitrogens is 2. The normalized spacial score (nSPS) is 12.2. The third-order valence-electron chi connectivity index (χ3n) is 4.65. The lowest BCUT2D eigenvalue weighted by Crippen LogP contribution is -2.32. The molecule has 0 unspecified atom stereocenters. The number of fused-ring (bicyclic) bond motifs is 3. The Labute approximate surface area is 172 Å². The molecule has 0 fully saturated rings. The van der Waals surface area contributed by atoms with E-state index in [9.17, 15) is 4.79 Å². The van der Waals surface area contributed by atoms with E-state index in [-0.39, 0.29) is 11.2 Å². The Kier molecular flexibility index (Phi) is 5.67. The van der Waals surface area contributed by atoms with Crippen molar-refractivity contribution in [3.8, 4) is 5.75 Å². The predicted molar refractivity (Wildman–Crippen MR) is 114 cm³/mol. The van der Waals surface area contributed by atoms with Crippen molar-refractivity contribution in [2.45, 2.75) is 23.6 Å². The highest BCUT2D eigenvalue weighted by Gasteiger charge is 2.19. The quantitative estimate of drug-likeness (QED) is 0.365. The Morgan fingerprint density at radius 3 is 2.76 bits per heavy atom. The largest absolute Gasteiger partial charge is 0.497 e. The molecule has 1 N–H and O–H groups in total. The van der Waals surface area contributed by atoms with Gasteiger partial charge in [0.1, 0.15) is 28.2 Å². The van der Waals surface area contributed by atoms with Crippen molar-refractivity contribution in [1.82, 2.24) is 15.3 Å². The van der Waals surface area contributed by atoms with E-state index >= 15 is 0 Å². The van der Waals surface area contributed by atoms with E-state index in [1.165, 1.54) is 18.1 Å². The summed E-state index contributed by atoms with van der Waals surface area (Å²) in [6.45, 7) is 2.43. The Morgan fingerprint density at radius 2 is 1.97 bits per heavy atom. The Bertz CT molecular complexity index is 1140. The van der Waals surface area contributed by atoms with Crippen molar-refractivity contribution in [2.75, 3.05) is 13.7 Å². The van der Waals surface area contributed by atoms with Gasteiger partial charge in [0, 0.05) is 11.9 Å². The first-order valence-corrected chi connectivity index (χ1v) is 10.2. The molecule has 6 nitrogen and oxygen atoms in total.